The van der Waals surface area contributed by atoms with E-state index in [-0.39, 0.29) is 17.1 Å². The maximum absolute atomic E-state index is 13.2. The van der Waals surface area contributed by atoms with Crippen LogP contribution in [0.2, 0.25) is 0 Å². The number of ether oxygens (including phenoxy) is 1. The van der Waals surface area contributed by atoms with Gasteiger partial charge in [0.1, 0.15) is 12.3 Å². The van der Waals surface area contributed by atoms with Gasteiger partial charge in [-0.25, -0.2) is 8.42 Å². The molecule has 0 bridgehead atoms. The van der Waals surface area contributed by atoms with Crippen molar-refractivity contribution in [2.45, 2.75) is 17.6 Å². The second kappa shape index (κ2) is 9.95. The molecule has 0 saturated heterocycles. The minimum absolute atomic E-state index is 0.102. The van der Waals surface area contributed by atoms with E-state index >= 15 is 0 Å². The van der Waals surface area contributed by atoms with Gasteiger partial charge in [-0.2, -0.15) is 13.2 Å². The largest absolute Gasteiger partial charge is 0.497 e. The number of anilines is 1. The molecular weight excluding hydrogens is 457 g/mol. The minimum atomic E-state index is -4.67. The van der Waals surface area contributed by atoms with E-state index in [1.807, 2.05) is 0 Å². The standard InChI is InChI=1S/C23H21F3N2O4S/c1-32-20-12-10-17(11-13-20)15-27-22(29)16-28(33(30,31)21-8-3-2-4-9-21)19-7-5-6-18(14-19)23(24,25)26/h2-14H,15-16H2,1H3,(H,27,29). The number of carbonyl (C=O) groups excluding carboxylic acids is 1. The molecule has 0 aliphatic heterocycles. The molecule has 3 rings (SSSR count). The molecule has 0 aliphatic carbocycles. The lowest BCUT2D eigenvalue weighted by atomic mass is 10.2. The molecule has 174 valence electrons. The lowest BCUT2D eigenvalue weighted by molar-refractivity contribution is -0.137. The third kappa shape index (κ3) is 6.04. The first-order valence-corrected chi connectivity index (χ1v) is 11.2. The molecule has 3 aromatic rings. The zero-order valence-electron chi connectivity index (χ0n) is 17.5. The number of halogens is 3. The van der Waals surface area contributed by atoms with Crippen LogP contribution in [0.15, 0.2) is 83.8 Å². The highest BCUT2D eigenvalue weighted by atomic mass is 32.2. The molecule has 1 amide bonds. The molecule has 1 N–H and O–H groups in total. The van der Waals surface area contributed by atoms with Crippen molar-refractivity contribution < 1.29 is 31.1 Å². The minimum Gasteiger partial charge on any atom is -0.497 e. The average molecular weight is 478 g/mol. The van der Waals surface area contributed by atoms with Crippen molar-refractivity contribution in [3.8, 4) is 5.75 Å². The van der Waals surface area contributed by atoms with E-state index in [1.54, 1.807) is 30.3 Å². The summed E-state index contributed by atoms with van der Waals surface area (Å²) >= 11 is 0. The molecule has 10 heteroatoms. The van der Waals surface area contributed by atoms with Gasteiger partial charge in [0.2, 0.25) is 5.91 Å². The quantitative estimate of drug-likeness (QED) is 0.526. The van der Waals surface area contributed by atoms with Gasteiger partial charge in [-0.1, -0.05) is 36.4 Å². The zero-order valence-corrected chi connectivity index (χ0v) is 18.4. The van der Waals surface area contributed by atoms with Crippen molar-refractivity contribution in [3.05, 3.63) is 90.0 Å². The number of nitrogens with zero attached hydrogens (tertiary/aromatic N) is 1. The van der Waals surface area contributed by atoms with Crippen molar-refractivity contribution in [1.29, 1.82) is 0 Å². The summed E-state index contributed by atoms with van der Waals surface area (Å²) in [6.45, 7) is -0.598. The Labute approximate surface area is 189 Å². The van der Waals surface area contributed by atoms with Gasteiger partial charge in [0.25, 0.3) is 10.0 Å². The number of benzene rings is 3. The van der Waals surface area contributed by atoms with Crippen LogP contribution in [0, 0.1) is 0 Å². The normalized spacial score (nSPS) is 11.6. The van der Waals surface area contributed by atoms with E-state index in [0.29, 0.717) is 16.1 Å². The molecule has 0 spiro atoms. The predicted molar refractivity (Wildman–Crippen MR) is 117 cm³/mol. The Kier molecular flexibility index (Phi) is 7.27. The van der Waals surface area contributed by atoms with Gasteiger partial charge in [-0.05, 0) is 48.0 Å². The first-order valence-electron chi connectivity index (χ1n) is 9.76. The van der Waals surface area contributed by atoms with Gasteiger partial charge in [0, 0.05) is 6.54 Å². The van der Waals surface area contributed by atoms with Crippen LogP contribution in [-0.4, -0.2) is 28.0 Å². The Bertz CT molecular complexity index is 1200. The van der Waals surface area contributed by atoms with Crippen LogP contribution in [0.5, 0.6) is 5.75 Å². The molecule has 0 radical (unpaired) electrons. The predicted octanol–water partition coefficient (Wildman–Crippen LogP) is 4.23. The van der Waals surface area contributed by atoms with Gasteiger partial charge in [0.05, 0.1) is 23.3 Å². The number of carbonyl (C=O) groups is 1. The van der Waals surface area contributed by atoms with Crippen molar-refractivity contribution in [1.82, 2.24) is 5.32 Å². The van der Waals surface area contributed by atoms with E-state index < -0.39 is 34.2 Å². The number of hydrogen-bond donors (Lipinski definition) is 1. The Hall–Kier alpha value is -3.53. The number of rotatable bonds is 8. The van der Waals surface area contributed by atoms with Crippen LogP contribution < -0.4 is 14.4 Å². The molecule has 0 atom stereocenters. The molecule has 33 heavy (non-hydrogen) atoms. The van der Waals surface area contributed by atoms with Crippen LogP contribution >= 0.6 is 0 Å². The molecule has 0 aliphatic rings. The SMILES string of the molecule is COc1ccc(CNC(=O)CN(c2cccc(C(F)(F)F)c2)S(=O)(=O)c2ccccc2)cc1. The highest BCUT2D eigenvalue weighted by Crippen LogP contribution is 2.33. The van der Waals surface area contributed by atoms with E-state index in [9.17, 15) is 26.4 Å². The fourth-order valence-electron chi connectivity index (χ4n) is 3.00. The number of methoxy groups -OCH3 is 1. The van der Waals surface area contributed by atoms with Crippen molar-refractivity contribution in [2.24, 2.45) is 0 Å². The van der Waals surface area contributed by atoms with E-state index in [1.165, 1.54) is 37.4 Å². The number of sulfonamides is 1. The summed E-state index contributed by atoms with van der Waals surface area (Å²) in [5.41, 5.74) is -0.555. The van der Waals surface area contributed by atoms with Crippen LogP contribution in [0.25, 0.3) is 0 Å². The monoisotopic (exact) mass is 478 g/mol. The van der Waals surface area contributed by atoms with Gasteiger partial charge in [0.15, 0.2) is 0 Å². The molecule has 0 unspecified atom stereocenters. The molecule has 0 aromatic heterocycles. The highest BCUT2D eigenvalue weighted by molar-refractivity contribution is 7.92. The summed E-state index contributed by atoms with van der Waals surface area (Å²) in [4.78, 5) is 12.5. The van der Waals surface area contributed by atoms with Crippen molar-refractivity contribution in [3.63, 3.8) is 0 Å². The molecule has 0 heterocycles. The smallest absolute Gasteiger partial charge is 0.416 e. The van der Waals surface area contributed by atoms with Gasteiger partial charge < -0.3 is 10.1 Å². The number of amides is 1. The van der Waals surface area contributed by atoms with Gasteiger partial charge in [-0.3, -0.25) is 9.10 Å². The summed E-state index contributed by atoms with van der Waals surface area (Å²) in [6, 6.07) is 17.9. The fraction of sp³-hybridized carbons (Fsp3) is 0.174. The van der Waals surface area contributed by atoms with E-state index in [2.05, 4.69) is 5.32 Å². The highest BCUT2D eigenvalue weighted by Gasteiger charge is 2.33. The number of alkyl halides is 3. The average Bonchev–Trinajstić information content (AvgIpc) is 2.81. The summed E-state index contributed by atoms with van der Waals surface area (Å²) in [5, 5.41) is 2.60. The maximum Gasteiger partial charge on any atom is 0.416 e. The van der Waals surface area contributed by atoms with Gasteiger partial charge >= 0.3 is 6.18 Å². The fourth-order valence-corrected chi connectivity index (χ4v) is 4.44. The molecule has 0 fully saturated rings. The van der Waals surface area contributed by atoms with Crippen molar-refractivity contribution in [2.75, 3.05) is 18.0 Å². The molecule has 6 nitrogen and oxygen atoms in total. The number of nitrogens with one attached hydrogen (secondary N) is 1. The van der Waals surface area contributed by atoms with E-state index in [4.69, 9.17) is 4.74 Å². The third-order valence-electron chi connectivity index (χ3n) is 4.73. The summed E-state index contributed by atoms with van der Waals surface area (Å²) in [7, 11) is -2.79. The summed E-state index contributed by atoms with van der Waals surface area (Å²) in [5.74, 6) is -0.0440. The lowest BCUT2D eigenvalue weighted by Gasteiger charge is -2.25. The number of hydrogen-bond acceptors (Lipinski definition) is 4. The molecule has 3 aromatic carbocycles. The van der Waals surface area contributed by atoms with Crippen LogP contribution in [-0.2, 0) is 27.5 Å². The Morgan fingerprint density at radius 2 is 1.64 bits per heavy atom. The van der Waals surface area contributed by atoms with Crippen molar-refractivity contribution >= 4 is 21.6 Å². The second-order valence-electron chi connectivity index (χ2n) is 7.00. The molecular formula is C23H21F3N2O4S. The second-order valence-corrected chi connectivity index (χ2v) is 8.86. The van der Waals surface area contributed by atoms with E-state index in [0.717, 1.165) is 17.7 Å². The Morgan fingerprint density at radius 1 is 0.970 bits per heavy atom. The third-order valence-corrected chi connectivity index (χ3v) is 6.52. The molecule has 0 saturated carbocycles. The van der Waals surface area contributed by atoms with Crippen LogP contribution in [0.4, 0.5) is 18.9 Å². The zero-order chi connectivity index (χ0) is 24.1. The van der Waals surface area contributed by atoms with Crippen LogP contribution in [0.3, 0.4) is 0 Å². The maximum atomic E-state index is 13.2. The lowest BCUT2D eigenvalue weighted by Crippen LogP contribution is -2.40. The van der Waals surface area contributed by atoms with Crippen LogP contribution in [0.1, 0.15) is 11.1 Å². The Morgan fingerprint density at radius 3 is 2.24 bits per heavy atom. The summed E-state index contributed by atoms with van der Waals surface area (Å²) < 4.78 is 71.8. The first kappa shape index (κ1) is 24.1. The topological polar surface area (TPSA) is 75.7 Å². The first-order chi connectivity index (χ1) is 15.6. The van der Waals surface area contributed by atoms with Gasteiger partial charge in [-0.15, -0.1) is 0 Å². The Balaban J connectivity index is 1.88. The summed E-state index contributed by atoms with van der Waals surface area (Å²) in [6.07, 6.45) is -4.67.